The highest BCUT2D eigenvalue weighted by atomic mass is 79.9. The average molecular weight is 456 g/mol. The number of nitrogens with one attached hydrogen (secondary N) is 1. The molecule has 146 valence electrons. The lowest BCUT2D eigenvalue weighted by Crippen LogP contribution is -2.42. The SMILES string of the molecule is N#CC1(C#N)[C@H](CC(=O)c2ccc(Br)cc2)c2ccccc2N[C@H]1c1ccccc1. The molecule has 4 nitrogen and oxygen atoms in total. The molecule has 0 saturated carbocycles. The van der Waals surface area contributed by atoms with Gasteiger partial charge in [0.1, 0.15) is 0 Å². The van der Waals surface area contributed by atoms with Gasteiger partial charge in [-0.05, 0) is 29.3 Å². The number of nitriles is 2. The largest absolute Gasteiger partial charge is 0.375 e. The van der Waals surface area contributed by atoms with E-state index in [9.17, 15) is 15.3 Å². The highest BCUT2D eigenvalue weighted by molar-refractivity contribution is 9.10. The Morgan fingerprint density at radius 1 is 0.933 bits per heavy atom. The van der Waals surface area contributed by atoms with Crippen LogP contribution < -0.4 is 5.32 Å². The van der Waals surface area contributed by atoms with Gasteiger partial charge in [0.15, 0.2) is 11.2 Å². The van der Waals surface area contributed by atoms with E-state index in [2.05, 4.69) is 33.4 Å². The van der Waals surface area contributed by atoms with Crippen LogP contribution in [0.2, 0.25) is 0 Å². The van der Waals surface area contributed by atoms with Gasteiger partial charge >= 0.3 is 0 Å². The summed E-state index contributed by atoms with van der Waals surface area (Å²) in [4.78, 5) is 13.1. The van der Waals surface area contributed by atoms with Crippen LogP contribution in [-0.4, -0.2) is 5.78 Å². The first-order valence-electron chi connectivity index (χ1n) is 9.60. The highest BCUT2D eigenvalue weighted by Crippen LogP contribution is 2.54. The van der Waals surface area contributed by atoms with Gasteiger partial charge < -0.3 is 5.32 Å². The molecule has 30 heavy (non-hydrogen) atoms. The minimum Gasteiger partial charge on any atom is -0.375 e. The Morgan fingerprint density at radius 2 is 1.57 bits per heavy atom. The molecule has 0 saturated heterocycles. The number of rotatable bonds is 4. The zero-order valence-corrected chi connectivity index (χ0v) is 17.6. The summed E-state index contributed by atoms with van der Waals surface area (Å²) in [7, 11) is 0. The Bertz CT molecular complexity index is 1150. The first-order valence-corrected chi connectivity index (χ1v) is 10.4. The van der Waals surface area contributed by atoms with Crippen LogP contribution in [0, 0.1) is 28.1 Å². The number of carbonyl (C=O) groups excluding carboxylic acids is 1. The first kappa shape index (κ1) is 19.9. The van der Waals surface area contributed by atoms with Crippen LogP contribution in [0.4, 0.5) is 5.69 Å². The maximum atomic E-state index is 13.1. The summed E-state index contributed by atoms with van der Waals surface area (Å²) in [5.41, 5.74) is 1.64. The average Bonchev–Trinajstić information content (AvgIpc) is 2.80. The minimum atomic E-state index is -1.43. The number of ketones is 1. The Labute approximate surface area is 183 Å². The predicted molar refractivity (Wildman–Crippen MR) is 119 cm³/mol. The molecule has 0 radical (unpaired) electrons. The van der Waals surface area contributed by atoms with Crippen molar-refractivity contribution in [2.45, 2.75) is 18.4 Å². The molecule has 5 heteroatoms. The number of hydrogen-bond acceptors (Lipinski definition) is 4. The molecule has 0 aliphatic carbocycles. The lowest BCUT2D eigenvalue weighted by atomic mass is 9.63. The maximum absolute atomic E-state index is 13.1. The fourth-order valence-corrected chi connectivity index (χ4v) is 4.42. The molecule has 1 aliphatic heterocycles. The molecule has 4 rings (SSSR count). The summed E-state index contributed by atoms with van der Waals surface area (Å²) in [6.45, 7) is 0. The maximum Gasteiger partial charge on any atom is 0.175 e. The molecule has 0 spiro atoms. The second-order valence-corrected chi connectivity index (χ2v) is 8.27. The van der Waals surface area contributed by atoms with Crippen LogP contribution in [0.5, 0.6) is 0 Å². The molecule has 3 aromatic rings. The highest BCUT2D eigenvalue weighted by Gasteiger charge is 2.52. The van der Waals surface area contributed by atoms with Crippen molar-refractivity contribution in [3.63, 3.8) is 0 Å². The Morgan fingerprint density at radius 3 is 2.23 bits per heavy atom. The molecule has 0 fully saturated rings. The second kappa shape index (κ2) is 8.14. The molecule has 0 bridgehead atoms. The molecule has 1 aliphatic rings. The van der Waals surface area contributed by atoms with Gasteiger partial charge in [-0.2, -0.15) is 10.5 Å². The molecule has 0 amide bonds. The van der Waals surface area contributed by atoms with Gasteiger partial charge in [0.25, 0.3) is 0 Å². The van der Waals surface area contributed by atoms with Gasteiger partial charge in [0, 0.05) is 28.1 Å². The summed E-state index contributed by atoms with van der Waals surface area (Å²) in [5.74, 6) is -0.655. The molecule has 0 aromatic heterocycles. The zero-order valence-electron chi connectivity index (χ0n) is 16.0. The number of halogens is 1. The standard InChI is InChI=1S/C25H18BrN3O/c26-19-12-10-17(11-13-19)23(30)14-21-20-8-4-5-9-22(20)29-24(25(21,15-27)16-28)18-6-2-1-3-7-18/h1-13,21,24,29H,14H2/t21-,24+/m1/s1. The summed E-state index contributed by atoms with van der Waals surface area (Å²) in [6.07, 6.45) is 0.0742. The van der Waals surface area contributed by atoms with Crippen molar-refractivity contribution in [3.05, 3.63) is 100 Å². The number of carbonyl (C=O) groups is 1. The third-order valence-electron chi connectivity index (χ3n) is 5.70. The van der Waals surface area contributed by atoms with Crippen LogP contribution in [0.1, 0.15) is 39.9 Å². The van der Waals surface area contributed by atoms with Crippen molar-refractivity contribution >= 4 is 27.4 Å². The van der Waals surface area contributed by atoms with Crippen LogP contribution >= 0.6 is 15.9 Å². The second-order valence-electron chi connectivity index (χ2n) is 7.35. The summed E-state index contributed by atoms with van der Waals surface area (Å²) in [6, 6.07) is 28.3. The van der Waals surface area contributed by atoms with Crippen molar-refractivity contribution in [1.29, 1.82) is 10.5 Å². The number of hydrogen-bond donors (Lipinski definition) is 1. The van der Waals surface area contributed by atoms with Crippen molar-refractivity contribution in [1.82, 2.24) is 0 Å². The van der Waals surface area contributed by atoms with E-state index in [0.717, 1.165) is 21.3 Å². The van der Waals surface area contributed by atoms with Gasteiger partial charge in [-0.15, -0.1) is 0 Å². The number of para-hydroxylation sites is 1. The van der Waals surface area contributed by atoms with Gasteiger partial charge in [-0.25, -0.2) is 0 Å². The smallest absolute Gasteiger partial charge is 0.175 e. The molecule has 1 heterocycles. The number of fused-ring (bicyclic) bond motifs is 1. The van der Waals surface area contributed by atoms with E-state index in [0.29, 0.717) is 5.56 Å². The van der Waals surface area contributed by atoms with Crippen molar-refractivity contribution in [2.75, 3.05) is 5.32 Å². The molecule has 3 aromatic carbocycles. The normalized spacial score (nSPS) is 18.9. The van der Waals surface area contributed by atoms with Gasteiger partial charge in [0.05, 0.1) is 18.2 Å². The van der Waals surface area contributed by atoms with E-state index in [1.807, 2.05) is 66.7 Å². The molecule has 1 N–H and O–H groups in total. The van der Waals surface area contributed by atoms with Gasteiger partial charge in [0.2, 0.25) is 0 Å². The zero-order chi connectivity index (χ0) is 21.1. The van der Waals surface area contributed by atoms with Crippen LogP contribution in [-0.2, 0) is 0 Å². The monoisotopic (exact) mass is 455 g/mol. The molecular weight excluding hydrogens is 438 g/mol. The van der Waals surface area contributed by atoms with Crippen LogP contribution in [0.3, 0.4) is 0 Å². The van der Waals surface area contributed by atoms with E-state index in [4.69, 9.17) is 0 Å². The fourth-order valence-electron chi connectivity index (χ4n) is 4.16. The first-order chi connectivity index (χ1) is 14.6. The summed E-state index contributed by atoms with van der Waals surface area (Å²) in [5, 5.41) is 23.9. The van der Waals surface area contributed by atoms with Crippen molar-refractivity contribution in [3.8, 4) is 12.1 Å². The number of anilines is 1. The number of nitrogens with zero attached hydrogens (tertiary/aromatic N) is 2. The Kier molecular flexibility index (Phi) is 5.40. The summed E-state index contributed by atoms with van der Waals surface area (Å²) >= 11 is 3.38. The lowest BCUT2D eigenvalue weighted by molar-refractivity contribution is 0.0957. The minimum absolute atomic E-state index is 0.0742. The van der Waals surface area contributed by atoms with Gasteiger partial charge in [-0.3, -0.25) is 4.79 Å². The molecule has 2 atom stereocenters. The quantitative estimate of drug-likeness (QED) is 0.488. The predicted octanol–water partition coefficient (Wildman–Crippen LogP) is 6.01. The molecule has 0 unspecified atom stereocenters. The number of Topliss-reactive ketones (excluding diaryl/α,β-unsaturated/α-hetero) is 1. The Balaban J connectivity index is 1.83. The van der Waals surface area contributed by atoms with E-state index in [-0.39, 0.29) is 12.2 Å². The third kappa shape index (κ3) is 3.38. The van der Waals surface area contributed by atoms with Crippen LogP contribution in [0.25, 0.3) is 0 Å². The van der Waals surface area contributed by atoms with Crippen LogP contribution in [0.15, 0.2) is 83.3 Å². The van der Waals surface area contributed by atoms with Gasteiger partial charge in [-0.1, -0.05) is 76.6 Å². The molecular formula is C25H18BrN3O. The van der Waals surface area contributed by atoms with E-state index >= 15 is 0 Å². The van der Waals surface area contributed by atoms with E-state index in [1.165, 1.54) is 0 Å². The topological polar surface area (TPSA) is 76.7 Å². The third-order valence-corrected chi connectivity index (χ3v) is 6.23. The van der Waals surface area contributed by atoms with Crippen molar-refractivity contribution < 1.29 is 4.79 Å². The number of benzene rings is 3. The Hall–Kier alpha value is -3.41. The van der Waals surface area contributed by atoms with Crippen molar-refractivity contribution in [2.24, 2.45) is 5.41 Å². The lowest BCUT2D eigenvalue weighted by Gasteiger charge is -2.42. The van der Waals surface area contributed by atoms with E-state index < -0.39 is 17.4 Å². The summed E-state index contributed by atoms with van der Waals surface area (Å²) < 4.78 is 0.888. The van der Waals surface area contributed by atoms with E-state index in [1.54, 1.807) is 12.1 Å². The fraction of sp³-hybridized carbons (Fsp3) is 0.160.